The van der Waals surface area contributed by atoms with Crippen LogP contribution in [-0.4, -0.2) is 40.6 Å². The predicted octanol–water partition coefficient (Wildman–Crippen LogP) is 3.85. The summed E-state index contributed by atoms with van der Waals surface area (Å²) < 4.78 is 11.3. The van der Waals surface area contributed by atoms with Crippen LogP contribution in [0.15, 0.2) is 30.7 Å². The molecule has 152 valence electrons. The SMILES string of the molecule is Cn1ncc2c1OC1CCC(CC1)n1nc(I)c3cnc(cc31)Nc1ccnc-2n1. The maximum absolute atomic E-state index is 6.41. The first-order chi connectivity index (χ1) is 14.7. The lowest BCUT2D eigenvalue weighted by Gasteiger charge is -2.29. The molecule has 3 aliphatic rings. The lowest BCUT2D eigenvalue weighted by Crippen LogP contribution is -2.27. The molecule has 1 N–H and O–H groups in total. The highest BCUT2D eigenvalue weighted by atomic mass is 127. The zero-order valence-electron chi connectivity index (χ0n) is 16.3. The van der Waals surface area contributed by atoms with Crippen LogP contribution in [0.5, 0.6) is 5.88 Å². The third-order valence-electron chi connectivity index (χ3n) is 5.85. The summed E-state index contributed by atoms with van der Waals surface area (Å²) in [6, 6.07) is 4.24. The molecule has 0 atom stereocenters. The lowest BCUT2D eigenvalue weighted by molar-refractivity contribution is 0.121. The maximum atomic E-state index is 6.41. The largest absolute Gasteiger partial charge is 0.474 e. The molecule has 0 aromatic carbocycles. The molecule has 0 spiro atoms. The van der Waals surface area contributed by atoms with E-state index in [9.17, 15) is 0 Å². The van der Waals surface area contributed by atoms with Crippen LogP contribution in [0.1, 0.15) is 31.7 Å². The smallest absolute Gasteiger partial charge is 0.223 e. The Morgan fingerprint density at radius 1 is 1.13 bits per heavy atom. The number of hydrogen-bond acceptors (Lipinski definition) is 7. The molecule has 30 heavy (non-hydrogen) atoms. The summed E-state index contributed by atoms with van der Waals surface area (Å²) >= 11 is 2.29. The quantitative estimate of drug-likeness (QED) is 0.357. The van der Waals surface area contributed by atoms with Crippen molar-refractivity contribution >= 4 is 45.1 Å². The van der Waals surface area contributed by atoms with E-state index in [-0.39, 0.29) is 6.10 Å². The van der Waals surface area contributed by atoms with Crippen LogP contribution in [0, 0.1) is 3.70 Å². The number of nitrogens with one attached hydrogen (secondary N) is 1. The highest BCUT2D eigenvalue weighted by molar-refractivity contribution is 14.1. The fourth-order valence-electron chi connectivity index (χ4n) is 4.32. The lowest BCUT2D eigenvalue weighted by atomic mass is 9.93. The molecular formula is C20H19IN8O. The molecule has 1 aliphatic carbocycles. The van der Waals surface area contributed by atoms with E-state index in [0.29, 0.717) is 23.6 Å². The van der Waals surface area contributed by atoms with Gasteiger partial charge in [-0.25, -0.2) is 19.6 Å². The van der Waals surface area contributed by atoms with Gasteiger partial charge in [-0.05, 0) is 54.3 Å². The number of ether oxygens (including phenoxy) is 1. The number of rotatable bonds is 0. The number of aryl methyl sites for hydroxylation is 1. The number of hydrogen-bond donors (Lipinski definition) is 1. The molecule has 6 bridgehead atoms. The summed E-state index contributed by atoms with van der Waals surface area (Å²) in [7, 11) is 1.89. The first-order valence-corrected chi connectivity index (χ1v) is 11.1. The Morgan fingerprint density at radius 3 is 2.87 bits per heavy atom. The van der Waals surface area contributed by atoms with Crippen molar-refractivity contribution < 1.29 is 4.74 Å². The van der Waals surface area contributed by atoms with Crippen LogP contribution in [-0.2, 0) is 7.05 Å². The van der Waals surface area contributed by atoms with Crippen molar-refractivity contribution in [3.8, 4) is 17.3 Å². The van der Waals surface area contributed by atoms with Crippen LogP contribution in [0.25, 0.3) is 22.3 Å². The van der Waals surface area contributed by atoms with Gasteiger partial charge in [0, 0.05) is 25.5 Å². The van der Waals surface area contributed by atoms with Crippen LogP contribution in [0.3, 0.4) is 0 Å². The molecule has 1 fully saturated rings. The monoisotopic (exact) mass is 514 g/mol. The number of halogens is 1. The molecule has 10 heteroatoms. The Bertz CT molecular complexity index is 1260. The van der Waals surface area contributed by atoms with Gasteiger partial charge in [-0.15, -0.1) is 0 Å². The van der Waals surface area contributed by atoms with Crippen molar-refractivity contribution in [3.63, 3.8) is 0 Å². The van der Waals surface area contributed by atoms with E-state index < -0.39 is 0 Å². The second-order valence-corrected chi connectivity index (χ2v) is 8.77. The molecule has 4 aromatic rings. The highest BCUT2D eigenvalue weighted by Gasteiger charge is 2.28. The number of aromatic nitrogens is 7. The van der Waals surface area contributed by atoms with Gasteiger partial charge in [-0.3, -0.25) is 4.68 Å². The zero-order valence-corrected chi connectivity index (χ0v) is 18.4. The fourth-order valence-corrected chi connectivity index (χ4v) is 4.96. The van der Waals surface area contributed by atoms with Gasteiger partial charge in [-0.1, -0.05) is 0 Å². The van der Waals surface area contributed by atoms with E-state index in [1.165, 1.54) is 0 Å². The minimum Gasteiger partial charge on any atom is -0.474 e. The number of anilines is 2. The number of fused-ring (bicyclic) bond motifs is 2. The molecule has 4 aromatic heterocycles. The first kappa shape index (κ1) is 18.0. The molecule has 0 amide bonds. The van der Waals surface area contributed by atoms with E-state index in [2.05, 4.69) is 58.7 Å². The Kier molecular flexibility index (Phi) is 4.15. The van der Waals surface area contributed by atoms with E-state index in [0.717, 1.165) is 51.7 Å². The van der Waals surface area contributed by atoms with E-state index in [4.69, 9.17) is 9.84 Å². The summed E-state index contributed by atoms with van der Waals surface area (Å²) in [4.78, 5) is 13.7. The summed E-state index contributed by atoms with van der Waals surface area (Å²) in [5.74, 6) is 2.68. The molecule has 9 nitrogen and oxygen atoms in total. The summed E-state index contributed by atoms with van der Waals surface area (Å²) in [6.07, 6.45) is 9.47. The van der Waals surface area contributed by atoms with Crippen molar-refractivity contribution in [3.05, 3.63) is 34.4 Å². The third kappa shape index (κ3) is 2.92. The van der Waals surface area contributed by atoms with Gasteiger partial charge in [0.05, 0.1) is 23.1 Å². The van der Waals surface area contributed by atoms with Gasteiger partial charge >= 0.3 is 0 Å². The van der Waals surface area contributed by atoms with Crippen molar-refractivity contribution in [2.24, 2.45) is 7.05 Å². The minimum atomic E-state index is 0.139. The van der Waals surface area contributed by atoms with Crippen molar-refractivity contribution in [1.29, 1.82) is 0 Å². The Hall–Kier alpha value is -2.76. The van der Waals surface area contributed by atoms with Gasteiger partial charge in [0.1, 0.15) is 27.0 Å². The number of nitrogens with zero attached hydrogens (tertiary/aromatic N) is 7. The van der Waals surface area contributed by atoms with E-state index >= 15 is 0 Å². The molecule has 0 saturated heterocycles. The van der Waals surface area contributed by atoms with Gasteiger partial charge in [0.2, 0.25) is 5.88 Å². The average Bonchev–Trinajstić information content (AvgIpc) is 3.28. The standard InChI is InChI=1S/C20H19IN8O/c1-28-20-14(10-24-28)19-22-7-6-16(26-19)25-17-8-15-13(9-23-17)18(21)27-29(15)11-2-4-12(30-20)5-3-11/h6-12H,2-5H2,1H3,(H,22,23,25,26). The van der Waals surface area contributed by atoms with Gasteiger partial charge in [0.15, 0.2) is 5.82 Å². The Labute approximate surface area is 186 Å². The van der Waals surface area contributed by atoms with Crippen LogP contribution < -0.4 is 10.1 Å². The van der Waals surface area contributed by atoms with Crippen LogP contribution in [0.2, 0.25) is 0 Å². The average molecular weight is 514 g/mol. The Balaban J connectivity index is 1.53. The molecule has 2 aliphatic heterocycles. The second kappa shape index (κ2) is 6.89. The van der Waals surface area contributed by atoms with Crippen molar-refractivity contribution in [2.75, 3.05) is 5.32 Å². The van der Waals surface area contributed by atoms with Crippen LogP contribution in [0.4, 0.5) is 11.6 Å². The molecule has 1 saturated carbocycles. The fraction of sp³-hybridized carbons (Fsp3) is 0.350. The van der Waals surface area contributed by atoms with Crippen molar-refractivity contribution in [1.82, 2.24) is 34.5 Å². The van der Waals surface area contributed by atoms with Crippen molar-refractivity contribution in [2.45, 2.75) is 37.8 Å². The van der Waals surface area contributed by atoms with E-state index in [1.54, 1.807) is 17.1 Å². The topological polar surface area (TPSA) is 95.6 Å². The van der Waals surface area contributed by atoms with E-state index in [1.807, 2.05) is 19.3 Å². The van der Waals surface area contributed by atoms with Gasteiger partial charge < -0.3 is 10.1 Å². The summed E-state index contributed by atoms with van der Waals surface area (Å²) in [5.41, 5.74) is 1.89. The molecular weight excluding hydrogens is 495 g/mol. The maximum Gasteiger partial charge on any atom is 0.223 e. The normalized spacial score (nSPS) is 20.3. The summed E-state index contributed by atoms with van der Waals surface area (Å²) in [5, 5.41) is 13.6. The first-order valence-electron chi connectivity index (χ1n) is 9.98. The molecule has 0 unspecified atom stereocenters. The molecule has 7 rings (SSSR count). The third-order valence-corrected chi connectivity index (χ3v) is 6.65. The molecule has 6 heterocycles. The highest BCUT2D eigenvalue weighted by Crippen LogP contribution is 2.36. The van der Waals surface area contributed by atoms with Gasteiger partial charge in [0.25, 0.3) is 0 Å². The van der Waals surface area contributed by atoms with Gasteiger partial charge in [-0.2, -0.15) is 10.2 Å². The summed E-state index contributed by atoms with van der Waals surface area (Å²) in [6.45, 7) is 0. The second-order valence-electron chi connectivity index (χ2n) is 7.75. The molecule has 0 radical (unpaired) electrons. The predicted molar refractivity (Wildman–Crippen MR) is 120 cm³/mol. The Morgan fingerprint density at radius 2 is 2.00 bits per heavy atom. The zero-order chi connectivity index (χ0) is 20.2. The minimum absolute atomic E-state index is 0.139. The van der Waals surface area contributed by atoms with Crippen LogP contribution >= 0.6 is 22.6 Å². The number of pyridine rings is 1.